The minimum atomic E-state index is -0.0683. The largest absolute Gasteiger partial charge is 0.376 e. The molecule has 1 fully saturated rings. The summed E-state index contributed by atoms with van der Waals surface area (Å²) in [5.41, 5.74) is 0. The highest BCUT2D eigenvalue weighted by molar-refractivity contribution is 5.83. The van der Waals surface area contributed by atoms with Crippen LogP contribution in [0.2, 0.25) is 0 Å². The Labute approximate surface area is 134 Å². The van der Waals surface area contributed by atoms with Crippen molar-refractivity contribution in [3.63, 3.8) is 0 Å². The molecule has 0 unspecified atom stereocenters. The first-order chi connectivity index (χ1) is 10.6. The van der Waals surface area contributed by atoms with E-state index >= 15 is 0 Å². The second-order valence-electron chi connectivity index (χ2n) is 6.26. The highest BCUT2D eigenvalue weighted by Crippen LogP contribution is 2.10. The first-order valence-electron chi connectivity index (χ1n) is 8.79. The third kappa shape index (κ3) is 9.03. The zero-order chi connectivity index (χ0) is 16.2. The van der Waals surface area contributed by atoms with Crippen LogP contribution in [-0.2, 0) is 14.3 Å². The third-order valence-corrected chi connectivity index (χ3v) is 4.03. The second-order valence-corrected chi connectivity index (χ2v) is 6.26. The minimum Gasteiger partial charge on any atom is -0.376 e. The first-order valence-corrected chi connectivity index (χ1v) is 8.79. The van der Waals surface area contributed by atoms with Crippen molar-refractivity contribution in [2.45, 2.75) is 83.8 Å². The minimum absolute atomic E-state index is 0.0322. The molecule has 1 aliphatic rings. The van der Waals surface area contributed by atoms with Crippen molar-refractivity contribution in [3.8, 4) is 0 Å². The molecule has 1 rings (SSSR count). The van der Waals surface area contributed by atoms with Gasteiger partial charge in [-0.15, -0.1) is 0 Å². The van der Waals surface area contributed by atoms with E-state index < -0.39 is 0 Å². The lowest BCUT2D eigenvalue weighted by atomic mass is 10.1. The van der Waals surface area contributed by atoms with E-state index in [-0.39, 0.29) is 36.8 Å². The van der Waals surface area contributed by atoms with Crippen molar-refractivity contribution < 1.29 is 14.3 Å². The zero-order valence-electron chi connectivity index (χ0n) is 14.2. The number of amides is 2. The van der Waals surface area contributed by atoms with Crippen molar-refractivity contribution in [2.24, 2.45) is 0 Å². The number of ether oxygens (including phenoxy) is 1. The molecule has 2 amide bonds. The van der Waals surface area contributed by atoms with Gasteiger partial charge in [0.05, 0.1) is 6.10 Å². The molecular weight excluding hydrogens is 280 g/mol. The SMILES string of the molecule is CCCCCC[C@H](C)NC(=O)CCC(=O)NC[C@@H]1CCCO1. The second kappa shape index (κ2) is 11.5. The standard InChI is InChI=1S/C17H32N2O3/c1-3-4-5-6-8-14(2)19-17(21)11-10-16(20)18-13-15-9-7-12-22-15/h14-15H,3-13H2,1-2H3,(H,18,20)(H,19,21)/t14-,15-/m0/s1. The van der Waals surface area contributed by atoms with Crippen molar-refractivity contribution in [3.05, 3.63) is 0 Å². The van der Waals surface area contributed by atoms with Gasteiger partial charge in [0.1, 0.15) is 0 Å². The number of carbonyl (C=O) groups is 2. The molecule has 1 saturated heterocycles. The molecule has 2 N–H and O–H groups in total. The molecule has 1 heterocycles. The van der Waals surface area contributed by atoms with Crippen LogP contribution < -0.4 is 10.6 Å². The Morgan fingerprint density at radius 1 is 1.18 bits per heavy atom. The number of hydrogen-bond donors (Lipinski definition) is 2. The molecule has 0 aromatic heterocycles. The summed E-state index contributed by atoms with van der Waals surface area (Å²) in [7, 11) is 0. The van der Waals surface area contributed by atoms with Crippen LogP contribution in [0.3, 0.4) is 0 Å². The monoisotopic (exact) mass is 312 g/mol. The molecule has 5 nitrogen and oxygen atoms in total. The maximum Gasteiger partial charge on any atom is 0.220 e. The normalized spacial score (nSPS) is 18.9. The maximum atomic E-state index is 11.8. The molecule has 5 heteroatoms. The summed E-state index contributed by atoms with van der Waals surface area (Å²) in [5.74, 6) is -0.100. The van der Waals surface area contributed by atoms with Gasteiger partial charge in [-0.05, 0) is 26.2 Å². The number of carbonyl (C=O) groups excluding carboxylic acids is 2. The summed E-state index contributed by atoms with van der Waals surface area (Å²) in [4.78, 5) is 23.5. The third-order valence-electron chi connectivity index (χ3n) is 4.03. The Balaban J connectivity index is 2.02. The van der Waals surface area contributed by atoms with Gasteiger partial charge >= 0.3 is 0 Å². The van der Waals surface area contributed by atoms with Gasteiger partial charge in [-0.2, -0.15) is 0 Å². The molecule has 0 spiro atoms. The molecule has 0 radical (unpaired) electrons. The Morgan fingerprint density at radius 2 is 1.95 bits per heavy atom. The summed E-state index contributed by atoms with van der Waals surface area (Å²) >= 11 is 0. The number of nitrogens with one attached hydrogen (secondary N) is 2. The molecule has 22 heavy (non-hydrogen) atoms. The lowest BCUT2D eigenvalue weighted by molar-refractivity contribution is -0.127. The summed E-state index contributed by atoms with van der Waals surface area (Å²) in [6, 6.07) is 0.194. The molecule has 0 bridgehead atoms. The van der Waals surface area contributed by atoms with Crippen LogP contribution >= 0.6 is 0 Å². The predicted octanol–water partition coefficient (Wildman–Crippen LogP) is 2.54. The topological polar surface area (TPSA) is 67.4 Å². The van der Waals surface area contributed by atoms with Gasteiger partial charge in [-0.25, -0.2) is 0 Å². The Bertz CT molecular complexity index is 328. The van der Waals surface area contributed by atoms with E-state index in [1.807, 2.05) is 6.92 Å². The van der Waals surface area contributed by atoms with E-state index in [0.717, 1.165) is 32.3 Å². The van der Waals surface area contributed by atoms with Crippen molar-refractivity contribution in [1.82, 2.24) is 10.6 Å². The number of rotatable bonds is 11. The van der Waals surface area contributed by atoms with Gasteiger partial charge < -0.3 is 15.4 Å². The van der Waals surface area contributed by atoms with Crippen LogP contribution in [0.25, 0.3) is 0 Å². The van der Waals surface area contributed by atoms with Gasteiger partial charge in [0.2, 0.25) is 11.8 Å². The lowest BCUT2D eigenvalue weighted by Gasteiger charge is -2.14. The van der Waals surface area contributed by atoms with Crippen LogP contribution in [0, 0.1) is 0 Å². The van der Waals surface area contributed by atoms with Crippen LogP contribution in [0.15, 0.2) is 0 Å². The predicted molar refractivity (Wildman–Crippen MR) is 87.6 cm³/mol. The van der Waals surface area contributed by atoms with E-state index in [2.05, 4.69) is 17.6 Å². The van der Waals surface area contributed by atoms with Gasteiger partial charge in [0.15, 0.2) is 0 Å². The molecule has 2 atom stereocenters. The Morgan fingerprint density at radius 3 is 2.64 bits per heavy atom. The highest BCUT2D eigenvalue weighted by Gasteiger charge is 2.16. The fourth-order valence-electron chi connectivity index (χ4n) is 2.64. The highest BCUT2D eigenvalue weighted by atomic mass is 16.5. The summed E-state index contributed by atoms with van der Waals surface area (Å²) < 4.78 is 5.44. The molecule has 0 saturated carbocycles. The summed E-state index contributed by atoms with van der Waals surface area (Å²) in [5, 5.41) is 5.80. The average Bonchev–Trinajstić information content (AvgIpc) is 3.01. The van der Waals surface area contributed by atoms with Crippen LogP contribution in [0.1, 0.15) is 71.6 Å². The molecule has 0 aliphatic carbocycles. The van der Waals surface area contributed by atoms with E-state index in [1.165, 1.54) is 19.3 Å². The van der Waals surface area contributed by atoms with E-state index in [4.69, 9.17) is 4.74 Å². The number of unbranched alkanes of at least 4 members (excludes halogenated alkanes) is 3. The Kier molecular flexibility index (Phi) is 9.87. The van der Waals surface area contributed by atoms with E-state index in [9.17, 15) is 9.59 Å². The zero-order valence-corrected chi connectivity index (χ0v) is 14.2. The molecule has 128 valence electrons. The van der Waals surface area contributed by atoms with Crippen molar-refractivity contribution in [2.75, 3.05) is 13.2 Å². The van der Waals surface area contributed by atoms with Gasteiger partial charge in [0.25, 0.3) is 0 Å². The molecular formula is C17H32N2O3. The van der Waals surface area contributed by atoms with Crippen LogP contribution in [0.5, 0.6) is 0 Å². The average molecular weight is 312 g/mol. The smallest absolute Gasteiger partial charge is 0.220 e. The quantitative estimate of drug-likeness (QED) is 0.576. The Hall–Kier alpha value is -1.10. The molecule has 0 aromatic rings. The molecule has 0 aromatic carbocycles. The fraction of sp³-hybridized carbons (Fsp3) is 0.882. The van der Waals surface area contributed by atoms with Crippen LogP contribution in [0.4, 0.5) is 0 Å². The van der Waals surface area contributed by atoms with Crippen molar-refractivity contribution >= 4 is 11.8 Å². The van der Waals surface area contributed by atoms with Crippen molar-refractivity contribution in [1.29, 1.82) is 0 Å². The van der Waals surface area contributed by atoms with Crippen LogP contribution in [-0.4, -0.2) is 37.1 Å². The van der Waals surface area contributed by atoms with E-state index in [1.54, 1.807) is 0 Å². The maximum absolute atomic E-state index is 11.8. The van der Waals surface area contributed by atoms with Gasteiger partial charge in [-0.3, -0.25) is 9.59 Å². The fourth-order valence-corrected chi connectivity index (χ4v) is 2.64. The first kappa shape index (κ1) is 18.9. The number of hydrogen-bond acceptors (Lipinski definition) is 3. The van der Waals surface area contributed by atoms with Gasteiger partial charge in [-0.1, -0.05) is 32.6 Å². The molecule has 1 aliphatic heterocycles. The van der Waals surface area contributed by atoms with E-state index in [0.29, 0.717) is 6.54 Å². The summed E-state index contributed by atoms with van der Waals surface area (Å²) in [6.45, 7) is 5.57. The van der Waals surface area contributed by atoms with Gasteiger partial charge in [0, 0.05) is 32.0 Å². The lowest BCUT2D eigenvalue weighted by Crippen LogP contribution is -2.35. The summed E-state index contributed by atoms with van der Waals surface area (Å²) in [6.07, 6.45) is 8.61.